The molecule has 54 heavy (non-hydrogen) atoms. The molecule has 0 amide bonds. The lowest BCUT2D eigenvalue weighted by Crippen LogP contribution is -2.82. The molecule has 4 nitrogen and oxygen atoms in total. The third-order valence-electron chi connectivity index (χ3n) is 10.9. The highest BCUT2D eigenvalue weighted by atomic mass is 32.1. The number of ether oxygens (including phenoxy) is 2. The summed E-state index contributed by atoms with van der Waals surface area (Å²) in [5.41, 5.74) is 9.19. The number of fused-ring (bicyclic) bond motifs is 13. The SMILES string of the molecule is CC1C=CC=CCC=C(c2ccc3c(c2)-c2sc4ccccc4[n+]2C2(Oc4ccc(-c5ccc6ccccc6c5)cc4-c4sc5c([n+]42)CCC=C5)O3)C=C1. The van der Waals surface area contributed by atoms with E-state index in [0.717, 1.165) is 63.0 Å². The summed E-state index contributed by atoms with van der Waals surface area (Å²) in [6.07, 6.45) is 22.9. The average molecular weight is 737 g/mol. The second-order valence-corrected chi connectivity index (χ2v) is 16.4. The Balaban J connectivity index is 1.11. The Morgan fingerprint density at radius 2 is 1.41 bits per heavy atom. The fraction of sp³-hybridized carbons (Fsp3) is 0.125. The van der Waals surface area contributed by atoms with Gasteiger partial charge in [0.1, 0.15) is 20.7 Å². The molecule has 0 saturated heterocycles. The van der Waals surface area contributed by atoms with Crippen molar-refractivity contribution in [1.29, 1.82) is 0 Å². The van der Waals surface area contributed by atoms with E-state index in [1.54, 1.807) is 11.3 Å². The molecule has 0 bridgehead atoms. The first-order valence-corrected chi connectivity index (χ1v) is 20.3. The van der Waals surface area contributed by atoms with Gasteiger partial charge in [0.15, 0.2) is 11.5 Å². The van der Waals surface area contributed by atoms with Crippen LogP contribution in [-0.2, 0) is 12.5 Å². The molecule has 4 heterocycles. The first-order valence-electron chi connectivity index (χ1n) is 18.7. The van der Waals surface area contributed by atoms with Gasteiger partial charge in [0.2, 0.25) is 11.2 Å². The number of nitrogens with zero attached hydrogens (tertiary/aromatic N) is 2. The van der Waals surface area contributed by atoms with E-state index in [9.17, 15) is 0 Å². The van der Waals surface area contributed by atoms with Gasteiger partial charge in [-0.25, -0.2) is 0 Å². The van der Waals surface area contributed by atoms with Crippen molar-refractivity contribution < 1.29 is 18.6 Å². The lowest BCUT2D eigenvalue weighted by atomic mass is 9.98. The van der Waals surface area contributed by atoms with E-state index in [1.165, 1.54) is 42.7 Å². The molecule has 2 aliphatic carbocycles. The molecule has 0 N–H and O–H groups in total. The van der Waals surface area contributed by atoms with E-state index in [2.05, 4.69) is 174 Å². The van der Waals surface area contributed by atoms with Gasteiger partial charge in [0.25, 0.3) is 10.0 Å². The topological polar surface area (TPSA) is 26.2 Å². The maximum atomic E-state index is 7.40. The van der Waals surface area contributed by atoms with Crippen LogP contribution in [0.15, 0.2) is 152 Å². The molecule has 2 atom stereocenters. The molecular weight excluding hydrogens is 701 g/mol. The highest BCUT2D eigenvalue weighted by Crippen LogP contribution is 2.49. The summed E-state index contributed by atoms with van der Waals surface area (Å²) in [6.45, 7) is 2.22. The monoisotopic (exact) mass is 736 g/mol. The molecule has 5 aromatic carbocycles. The van der Waals surface area contributed by atoms with Crippen molar-refractivity contribution in [2.75, 3.05) is 0 Å². The van der Waals surface area contributed by atoms with Crippen LogP contribution < -0.4 is 18.6 Å². The number of aromatic nitrogens is 2. The highest BCUT2D eigenvalue weighted by Gasteiger charge is 2.70. The quantitative estimate of drug-likeness (QED) is 0.165. The first-order chi connectivity index (χ1) is 26.6. The van der Waals surface area contributed by atoms with E-state index in [-0.39, 0.29) is 0 Å². The third-order valence-corrected chi connectivity index (χ3v) is 13.2. The minimum absolute atomic E-state index is 0.342. The third kappa shape index (κ3) is 4.94. The summed E-state index contributed by atoms with van der Waals surface area (Å²) >= 11 is 3.62. The molecule has 6 heteroatoms. The van der Waals surface area contributed by atoms with Gasteiger partial charge in [-0.05, 0) is 103 Å². The predicted octanol–water partition coefficient (Wildman–Crippen LogP) is 11.6. The van der Waals surface area contributed by atoms with E-state index >= 15 is 0 Å². The van der Waals surface area contributed by atoms with Gasteiger partial charge >= 0.3 is 6.03 Å². The van der Waals surface area contributed by atoms with E-state index < -0.39 is 6.03 Å². The molecule has 2 unspecified atom stereocenters. The van der Waals surface area contributed by atoms with Crippen LogP contribution in [0.4, 0.5) is 0 Å². The van der Waals surface area contributed by atoms with Gasteiger partial charge in [-0.15, -0.1) is 0 Å². The van der Waals surface area contributed by atoms with E-state index in [4.69, 9.17) is 9.47 Å². The molecule has 0 saturated carbocycles. The zero-order valence-electron chi connectivity index (χ0n) is 29.7. The summed E-state index contributed by atoms with van der Waals surface area (Å²) in [5.74, 6) is 1.96. The Labute approximate surface area is 322 Å². The van der Waals surface area contributed by atoms with Crippen molar-refractivity contribution in [2.45, 2.75) is 32.2 Å². The van der Waals surface area contributed by atoms with Crippen molar-refractivity contribution in [1.82, 2.24) is 0 Å². The van der Waals surface area contributed by atoms with Crippen molar-refractivity contribution in [3.63, 3.8) is 0 Å². The van der Waals surface area contributed by atoms with Crippen LogP contribution in [0.5, 0.6) is 11.5 Å². The number of allylic oxidation sites excluding steroid dienone is 9. The van der Waals surface area contributed by atoms with Gasteiger partial charge in [0, 0.05) is 12.5 Å². The van der Waals surface area contributed by atoms with Crippen molar-refractivity contribution in [3.05, 3.63) is 168 Å². The fourth-order valence-corrected chi connectivity index (χ4v) is 10.7. The van der Waals surface area contributed by atoms with E-state index in [1.807, 2.05) is 11.3 Å². The summed E-state index contributed by atoms with van der Waals surface area (Å²) in [5, 5.41) is 4.72. The standard InChI is InChI=1S/C48H36N2O2S2/c1-31-12-4-2-3-5-13-32(21-20-31)36-24-26-42-38(29-36)46-49(40-16-8-10-18-44(40)53-46)48(51-42)50-41-17-9-11-19-45(41)54-47(50)39-30-37(25-27-43(39)52-48)35-23-22-33-14-6-7-15-34(33)28-35/h2-4,6-8,10-16,18-31H,5,9,17H2,1H3/q+2. The Bertz CT molecular complexity index is 2850. The largest absolute Gasteiger partial charge is 0.717 e. The lowest BCUT2D eigenvalue weighted by molar-refractivity contribution is -1.05. The van der Waals surface area contributed by atoms with Crippen LogP contribution in [0.25, 0.3) is 64.9 Å². The molecular formula is C48H36N2O2S2+2. The number of benzene rings is 5. The maximum absolute atomic E-state index is 7.40. The smallest absolute Gasteiger partial charge is 0.340 e. The zero-order chi connectivity index (χ0) is 35.8. The second kappa shape index (κ2) is 12.4. The number of hydrogen-bond acceptors (Lipinski definition) is 4. The molecule has 11 rings (SSSR count). The van der Waals surface area contributed by atoms with Gasteiger partial charge < -0.3 is 9.47 Å². The fourth-order valence-electron chi connectivity index (χ4n) is 8.22. The van der Waals surface area contributed by atoms with Gasteiger partial charge in [-0.1, -0.05) is 139 Å². The predicted molar refractivity (Wildman–Crippen MR) is 222 cm³/mol. The minimum Gasteiger partial charge on any atom is -0.340 e. The molecule has 2 aromatic heterocycles. The van der Waals surface area contributed by atoms with Crippen LogP contribution >= 0.6 is 22.7 Å². The Hall–Kier alpha value is -5.82. The lowest BCUT2D eigenvalue weighted by Gasteiger charge is -2.30. The average Bonchev–Trinajstić information content (AvgIpc) is 3.81. The number of rotatable bonds is 2. The van der Waals surface area contributed by atoms with Gasteiger partial charge in [-0.3, -0.25) is 0 Å². The molecule has 1 spiro atoms. The minimum atomic E-state index is -1.30. The van der Waals surface area contributed by atoms with Crippen LogP contribution in [0.1, 0.15) is 35.9 Å². The van der Waals surface area contributed by atoms with Crippen LogP contribution in [0, 0.1) is 5.92 Å². The highest BCUT2D eigenvalue weighted by molar-refractivity contribution is 7.21. The number of thiazole rings is 2. The van der Waals surface area contributed by atoms with Crippen molar-refractivity contribution in [2.24, 2.45) is 5.92 Å². The van der Waals surface area contributed by atoms with Gasteiger partial charge in [0.05, 0.1) is 0 Å². The Morgan fingerprint density at radius 3 is 2.30 bits per heavy atom. The van der Waals surface area contributed by atoms with Crippen LogP contribution in [0.2, 0.25) is 0 Å². The molecule has 4 aliphatic rings. The normalized spacial score (nSPS) is 19.4. The number of hydrogen-bond donors (Lipinski definition) is 0. The maximum Gasteiger partial charge on any atom is 0.717 e. The van der Waals surface area contributed by atoms with Gasteiger partial charge in [-0.2, -0.15) is 0 Å². The summed E-state index contributed by atoms with van der Waals surface area (Å²) in [7, 11) is 0. The van der Waals surface area contributed by atoms with E-state index in [0.29, 0.717) is 5.92 Å². The second-order valence-electron chi connectivity index (χ2n) is 14.4. The molecule has 2 aliphatic heterocycles. The summed E-state index contributed by atoms with van der Waals surface area (Å²) < 4.78 is 20.7. The molecule has 7 aromatic rings. The molecule has 260 valence electrons. The first kappa shape index (κ1) is 31.7. The Morgan fingerprint density at radius 1 is 0.667 bits per heavy atom. The molecule has 0 radical (unpaired) electrons. The van der Waals surface area contributed by atoms with Crippen LogP contribution in [0.3, 0.4) is 0 Å². The van der Waals surface area contributed by atoms with Crippen molar-refractivity contribution >= 4 is 55.3 Å². The van der Waals surface area contributed by atoms with Crippen molar-refractivity contribution in [3.8, 4) is 43.8 Å². The summed E-state index contributed by atoms with van der Waals surface area (Å²) in [6, 6.07) is 35.9. The van der Waals surface area contributed by atoms with Crippen LogP contribution in [-0.4, -0.2) is 0 Å². The number of para-hydroxylation sites is 1. The zero-order valence-corrected chi connectivity index (χ0v) is 31.4. The molecule has 0 fully saturated rings. The summed E-state index contributed by atoms with van der Waals surface area (Å²) in [4.78, 5) is 1.25. The Kier molecular flexibility index (Phi) is 7.26.